The number of aliphatic carboxylic acids is 1. The highest BCUT2D eigenvalue weighted by Gasteiger charge is 2.28. The zero-order chi connectivity index (χ0) is 13.0. The number of carboxylic acids is 1. The third-order valence-electron chi connectivity index (χ3n) is 3.56. The first-order valence-electron chi connectivity index (χ1n) is 6.54. The zero-order valence-electron chi connectivity index (χ0n) is 10.4. The van der Waals surface area contributed by atoms with Gasteiger partial charge in [-0.05, 0) is 25.7 Å². The van der Waals surface area contributed by atoms with Gasteiger partial charge in [0.1, 0.15) is 0 Å². The molecule has 0 spiro atoms. The third-order valence-corrected chi connectivity index (χ3v) is 3.56. The maximum absolute atomic E-state index is 11.9. The van der Waals surface area contributed by atoms with Crippen molar-refractivity contribution in [3.63, 3.8) is 0 Å². The van der Waals surface area contributed by atoms with E-state index in [1.54, 1.807) is 4.90 Å². The molecule has 2 N–H and O–H groups in total. The minimum Gasteiger partial charge on any atom is -0.481 e. The fourth-order valence-electron chi connectivity index (χ4n) is 2.48. The topological polar surface area (TPSA) is 78.9 Å². The summed E-state index contributed by atoms with van der Waals surface area (Å²) in [7, 11) is 0. The smallest absolute Gasteiger partial charge is 0.317 e. The molecule has 2 saturated heterocycles. The van der Waals surface area contributed by atoms with Crippen LogP contribution in [0.5, 0.6) is 0 Å². The summed E-state index contributed by atoms with van der Waals surface area (Å²) in [5.74, 6) is -1.24. The van der Waals surface area contributed by atoms with Crippen LogP contribution in [0.4, 0.5) is 4.79 Å². The lowest BCUT2D eigenvalue weighted by Gasteiger charge is -2.31. The van der Waals surface area contributed by atoms with Crippen LogP contribution in [0.1, 0.15) is 25.7 Å². The van der Waals surface area contributed by atoms with E-state index in [0.29, 0.717) is 26.1 Å². The number of hydrogen-bond donors (Lipinski definition) is 2. The fourth-order valence-corrected chi connectivity index (χ4v) is 2.48. The van der Waals surface area contributed by atoms with Crippen molar-refractivity contribution in [2.75, 3.05) is 26.2 Å². The Bertz CT molecular complexity index is 315. The lowest BCUT2D eigenvalue weighted by Crippen LogP contribution is -2.48. The normalized spacial score (nSPS) is 28.1. The van der Waals surface area contributed by atoms with Crippen LogP contribution in [0.3, 0.4) is 0 Å². The molecule has 0 bridgehead atoms. The Morgan fingerprint density at radius 3 is 2.83 bits per heavy atom. The molecule has 2 atom stereocenters. The van der Waals surface area contributed by atoms with Gasteiger partial charge in [0.05, 0.1) is 12.0 Å². The van der Waals surface area contributed by atoms with Crippen LogP contribution in [-0.2, 0) is 9.53 Å². The number of carboxylic acid groups (broad SMARTS) is 1. The summed E-state index contributed by atoms with van der Waals surface area (Å²) in [5, 5.41) is 11.8. The number of ether oxygens (including phenoxy) is 1. The third kappa shape index (κ3) is 3.35. The number of likely N-dealkylation sites (tertiary alicyclic amines) is 1. The Morgan fingerprint density at radius 1 is 1.33 bits per heavy atom. The number of carbonyl (C=O) groups excluding carboxylic acids is 1. The average molecular weight is 256 g/mol. The van der Waals surface area contributed by atoms with Crippen LogP contribution in [0, 0.1) is 5.92 Å². The molecule has 0 saturated carbocycles. The maximum atomic E-state index is 11.9. The predicted octanol–water partition coefficient (Wildman–Crippen LogP) is 0.672. The van der Waals surface area contributed by atoms with Crippen molar-refractivity contribution in [1.29, 1.82) is 0 Å². The maximum Gasteiger partial charge on any atom is 0.317 e. The van der Waals surface area contributed by atoms with Gasteiger partial charge in [0.15, 0.2) is 0 Å². The molecule has 6 nitrogen and oxygen atoms in total. The highest BCUT2D eigenvalue weighted by atomic mass is 16.5. The van der Waals surface area contributed by atoms with Gasteiger partial charge in [-0.2, -0.15) is 0 Å². The Balaban J connectivity index is 1.75. The molecule has 2 amide bonds. The van der Waals surface area contributed by atoms with Crippen LogP contribution in [0.25, 0.3) is 0 Å². The number of amides is 2. The Hall–Kier alpha value is -1.30. The Labute approximate surface area is 106 Å². The lowest BCUT2D eigenvalue weighted by molar-refractivity contribution is -0.143. The molecule has 1 unspecified atom stereocenters. The van der Waals surface area contributed by atoms with Gasteiger partial charge in [-0.3, -0.25) is 4.79 Å². The molecule has 0 aromatic rings. The number of rotatable bonds is 3. The van der Waals surface area contributed by atoms with Crippen molar-refractivity contribution >= 4 is 12.0 Å². The van der Waals surface area contributed by atoms with Crippen LogP contribution < -0.4 is 5.32 Å². The number of urea groups is 1. The van der Waals surface area contributed by atoms with Crippen molar-refractivity contribution in [3.05, 3.63) is 0 Å². The molecule has 0 aromatic carbocycles. The largest absolute Gasteiger partial charge is 0.481 e. The molecule has 0 radical (unpaired) electrons. The van der Waals surface area contributed by atoms with E-state index in [0.717, 1.165) is 25.9 Å². The van der Waals surface area contributed by atoms with E-state index in [1.165, 1.54) is 0 Å². The predicted molar refractivity (Wildman–Crippen MR) is 64.3 cm³/mol. The summed E-state index contributed by atoms with van der Waals surface area (Å²) in [6.07, 6.45) is 3.56. The number of nitrogens with one attached hydrogen (secondary N) is 1. The molecular formula is C12H20N2O4. The SMILES string of the molecule is O=C(O)[C@@H]1CCCN(C(=O)NCC2CCCO2)C1. The van der Waals surface area contributed by atoms with Gasteiger partial charge in [-0.15, -0.1) is 0 Å². The van der Waals surface area contributed by atoms with Crippen molar-refractivity contribution in [3.8, 4) is 0 Å². The van der Waals surface area contributed by atoms with E-state index in [4.69, 9.17) is 9.84 Å². The van der Waals surface area contributed by atoms with Crippen LogP contribution in [0.15, 0.2) is 0 Å². The first-order valence-corrected chi connectivity index (χ1v) is 6.54. The van der Waals surface area contributed by atoms with Crippen molar-refractivity contribution < 1.29 is 19.4 Å². The number of nitrogens with zero attached hydrogens (tertiary/aromatic N) is 1. The molecule has 2 heterocycles. The van der Waals surface area contributed by atoms with Gasteiger partial charge in [0.2, 0.25) is 0 Å². The van der Waals surface area contributed by atoms with Gasteiger partial charge in [0, 0.05) is 26.2 Å². The van der Waals surface area contributed by atoms with E-state index < -0.39 is 11.9 Å². The van der Waals surface area contributed by atoms with E-state index >= 15 is 0 Å². The molecule has 2 aliphatic heterocycles. The average Bonchev–Trinajstić information content (AvgIpc) is 2.89. The van der Waals surface area contributed by atoms with E-state index in [9.17, 15) is 9.59 Å². The first kappa shape index (κ1) is 13.1. The fraction of sp³-hybridized carbons (Fsp3) is 0.833. The highest BCUT2D eigenvalue weighted by Crippen LogP contribution is 2.17. The monoisotopic (exact) mass is 256 g/mol. The second-order valence-corrected chi connectivity index (χ2v) is 4.94. The van der Waals surface area contributed by atoms with E-state index in [1.807, 2.05) is 0 Å². The summed E-state index contributed by atoms with van der Waals surface area (Å²) >= 11 is 0. The molecule has 0 aliphatic carbocycles. The number of carbonyl (C=O) groups is 2. The minimum absolute atomic E-state index is 0.119. The summed E-state index contributed by atoms with van der Waals surface area (Å²) in [4.78, 5) is 24.4. The van der Waals surface area contributed by atoms with Gasteiger partial charge in [0.25, 0.3) is 0 Å². The van der Waals surface area contributed by atoms with Gasteiger partial charge in [-0.25, -0.2) is 4.79 Å². The molecule has 2 fully saturated rings. The lowest BCUT2D eigenvalue weighted by atomic mass is 9.99. The first-order chi connectivity index (χ1) is 8.66. The van der Waals surface area contributed by atoms with Crippen molar-refractivity contribution in [2.45, 2.75) is 31.8 Å². The van der Waals surface area contributed by atoms with Gasteiger partial charge >= 0.3 is 12.0 Å². The number of hydrogen-bond acceptors (Lipinski definition) is 3. The molecule has 18 heavy (non-hydrogen) atoms. The van der Waals surface area contributed by atoms with Gasteiger partial charge < -0.3 is 20.1 Å². The second kappa shape index (κ2) is 6.04. The molecule has 102 valence electrons. The molecular weight excluding hydrogens is 236 g/mol. The quantitative estimate of drug-likeness (QED) is 0.778. The second-order valence-electron chi connectivity index (χ2n) is 4.94. The van der Waals surface area contributed by atoms with E-state index in [2.05, 4.69) is 5.32 Å². The zero-order valence-corrected chi connectivity index (χ0v) is 10.4. The molecule has 6 heteroatoms. The Kier molecular flexibility index (Phi) is 4.41. The van der Waals surface area contributed by atoms with E-state index in [-0.39, 0.29) is 12.1 Å². The van der Waals surface area contributed by atoms with Crippen molar-refractivity contribution in [2.24, 2.45) is 5.92 Å². The summed E-state index contributed by atoms with van der Waals surface area (Å²) in [6, 6.07) is -0.170. The summed E-state index contributed by atoms with van der Waals surface area (Å²) in [6.45, 7) is 2.24. The standard InChI is InChI=1S/C12H20N2O4/c15-11(16)9-3-1-5-14(8-9)12(17)13-7-10-4-2-6-18-10/h9-10H,1-8H2,(H,13,17)(H,15,16)/t9-,10?/m1/s1. The molecule has 2 rings (SSSR count). The Morgan fingerprint density at radius 2 is 2.17 bits per heavy atom. The van der Waals surface area contributed by atoms with Gasteiger partial charge in [-0.1, -0.05) is 0 Å². The number of piperidine rings is 1. The van der Waals surface area contributed by atoms with Crippen LogP contribution >= 0.6 is 0 Å². The molecule has 0 aromatic heterocycles. The molecule has 2 aliphatic rings. The minimum atomic E-state index is -0.813. The van der Waals surface area contributed by atoms with Crippen LogP contribution in [-0.4, -0.2) is 54.4 Å². The summed E-state index contributed by atoms with van der Waals surface area (Å²) < 4.78 is 5.42. The van der Waals surface area contributed by atoms with Crippen molar-refractivity contribution in [1.82, 2.24) is 10.2 Å². The highest BCUT2D eigenvalue weighted by molar-refractivity contribution is 5.76. The summed E-state index contributed by atoms with van der Waals surface area (Å²) in [5.41, 5.74) is 0. The van der Waals surface area contributed by atoms with Crippen LogP contribution in [0.2, 0.25) is 0 Å².